The Morgan fingerprint density at radius 2 is 1.80 bits per heavy atom. The molecule has 20 heavy (non-hydrogen) atoms. The second-order valence-corrected chi connectivity index (χ2v) is 6.75. The van der Waals surface area contributed by atoms with Crippen LogP contribution in [0.5, 0.6) is 5.75 Å². The Bertz CT molecular complexity index is 433. The molecule has 1 fully saturated rings. The van der Waals surface area contributed by atoms with E-state index in [-0.39, 0.29) is 0 Å². The Morgan fingerprint density at radius 3 is 2.40 bits per heavy atom. The number of hydrogen-bond donors (Lipinski definition) is 1. The van der Waals surface area contributed by atoms with E-state index >= 15 is 0 Å². The van der Waals surface area contributed by atoms with Gasteiger partial charge in [-0.1, -0.05) is 26.0 Å². The minimum Gasteiger partial charge on any atom is -0.496 e. The lowest BCUT2D eigenvalue weighted by Gasteiger charge is -2.34. The Balaban J connectivity index is 2.06. The summed E-state index contributed by atoms with van der Waals surface area (Å²) in [4.78, 5) is 0. The van der Waals surface area contributed by atoms with Crippen LogP contribution in [0.25, 0.3) is 0 Å². The lowest BCUT2D eigenvalue weighted by Crippen LogP contribution is -2.37. The van der Waals surface area contributed by atoms with E-state index in [0.717, 1.165) is 17.6 Å². The smallest absolute Gasteiger partial charge is 0.123 e. The lowest BCUT2D eigenvalue weighted by molar-refractivity contribution is 0.227. The van der Waals surface area contributed by atoms with E-state index in [9.17, 15) is 0 Å². The van der Waals surface area contributed by atoms with Crippen molar-refractivity contribution < 1.29 is 4.74 Å². The first-order valence-electron chi connectivity index (χ1n) is 7.90. The highest BCUT2D eigenvalue weighted by Gasteiger charge is 2.25. The molecule has 1 aromatic carbocycles. The number of hydrogen-bond acceptors (Lipinski definition) is 2. The summed E-state index contributed by atoms with van der Waals surface area (Å²) < 4.78 is 5.54. The third kappa shape index (κ3) is 3.76. The fourth-order valence-electron chi connectivity index (χ4n) is 3.70. The molecule has 0 spiro atoms. The first kappa shape index (κ1) is 15.4. The Labute approximate surface area is 123 Å². The van der Waals surface area contributed by atoms with Gasteiger partial charge >= 0.3 is 0 Å². The van der Waals surface area contributed by atoms with Crippen LogP contribution in [0.2, 0.25) is 0 Å². The summed E-state index contributed by atoms with van der Waals surface area (Å²) >= 11 is 0. The molecule has 2 heteroatoms. The fraction of sp³-hybridized carbons (Fsp3) is 0.667. The third-order valence-corrected chi connectivity index (χ3v) is 4.52. The minimum absolute atomic E-state index is 0.341. The number of ether oxygens (including phenoxy) is 1. The van der Waals surface area contributed by atoms with Gasteiger partial charge in [0, 0.05) is 17.6 Å². The highest BCUT2D eigenvalue weighted by molar-refractivity contribution is 5.39. The molecule has 3 unspecified atom stereocenters. The van der Waals surface area contributed by atoms with Crippen LogP contribution in [-0.4, -0.2) is 13.2 Å². The van der Waals surface area contributed by atoms with Gasteiger partial charge in [0.05, 0.1) is 7.11 Å². The van der Waals surface area contributed by atoms with Crippen molar-refractivity contribution in [3.8, 4) is 5.75 Å². The zero-order valence-electron chi connectivity index (χ0n) is 13.6. The first-order valence-corrected chi connectivity index (χ1v) is 7.90. The van der Waals surface area contributed by atoms with Crippen molar-refractivity contribution in [3.05, 3.63) is 29.3 Å². The Hall–Kier alpha value is -1.02. The van der Waals surface area contributed by atoms with Gasteiger partial charge in [-0.3, -0.25) is 0 Å². The molecule has 1 saturated carbocycles. The second-order valence-electron chi connectivity index (χ2n) is 6.75. The van der Waals surface area contributed by atoms with Gasteiger partial charge in [-0.2, -0.15) is 0 Å². The fourth-order valence-corrected chi connectivity index (χ4v) is 3.70. The number of rotatable bonds is 4. The number of aryl methyl sites for hydroxylation is 1. The zero-order chi connectivity index (χ0) is 14.7. The van der Waals surface area contributed by atoms with E-state index in [1.165, 1.54) is 30.4 Å². The van der Waals surface area contributed by atoms with Crippen molar-refractivity contribution in [2.75, 3.05) is 7.11 Å². The van der Waals surface area contributed by atoms with Crippen LogP contribution in [0.15, 0.2) is 18.2 Å². The predicted molar refractivity (Wildman–Crippen MR) is 85.2 cm³/mol. The van der Waals surface area contributed by atoms with Gasteiger partial charge in [-0.25, -0.2) is 0 Å². The molecule has 0 bridgehead atoms. The summed E-state index contributed by atoms with van der Waals surface area (Å²) in [5.41, 5.74) is 2.52. The van der Waals surface area contributed by atoms with Gasteiger partial charge in [-0.15, -0.1) is 0 Å². The molecule has 1 N–H and O–H groups in total. The van der Waals surface area contributed by atoms with Gasteiger partial charge in [-0.05, 0) is 56.6 Å². The summed E-state index contributed by atoms with van der Waals surface area (Å²) in [7, 11) is 1.76. The molecule has 112 valence electrons. The molecule has 0 aromatic heterocycles. The second kappa shape index (κ2) is 6.62. The molecular formula is C18H29NO. The van der Waals surface area contributed by atoms with Crippen LogP contribution in [-0.2, 0) is 0 Å². The van der Waals surface area contributed by atoms with Crippen LogP contribution in [0.4, 0.5) is 0 Å². The third-order valence-electron chi connectivity index (χ3n) is 4.52. The van der Waals surface area contributed by atoms with Gasteiger partial charge in [0.25, 0.3) is 0 Å². The van der Waals surface area contributed by atoms with Crippen LogP contribution in [0, 0.1) is 18.8 Å². The normalized spacial score (nSPS) is 28.1. The maximum Gasteiger partial charge on any atom is 0.123 e. The van der Waals surface area contributed by atoms with Gasteiger partial charge in [0.2, 0.25) is 0 Å². The molecule has 1 aliphatic rings. The molecule has 2 rings (SSSR count). The van der Waals surface area contributed by atoms with Crippen LogP contribution >= 0.6 is 0 Å². The summed E-state index contributed by atoms with van der Waals surface area (Å²) in [6.07, 6.45) is 3.96. The molecule has 0 saturated heterocycles. The molecule has 0 radical (unpaired) electrons. The standard InChI is InChI=1S/C18H29NO/c1-12-6-7-17(18(11-12)20-5)15(4)19-16-9-13(2)8-14(3)10-16/h6-7,11,13-16,19H,8-10H2,1-5H3. The molecule has 0 heterocycles. The maximum absolute atomic E-state index is 5.54. The quantitative estimate of drug-likeness (QED) is 0.875. The number of methoxy groups -OCH3 is 1. The average Bonchev–Trinajstić information content (AvgIpc) is 2.37. The summed E-state index contributed by atoms with van der Waals surface area (Å²) in [6.45, 7) is 9.11. The number of benzene rings is 1. The van der Waals surface area contributed by atoms with Gasteiger partial charge < -0.3 is 10.1 Å². The van der Waals surface area contributed by atoms with E-state index in [1.54, 1.807) is 7.11 Å². The summed E-state index contributed by atoms with van der Waals surface area (Å²) in [5.74, 6) is 2.67. The molecule has 1 aromatic rings. The van der Waals surface area contributed by atoms with Crippen molar-refractivity contribution in [1.82, 2.24) is 5.32 Å². The van der Waals surface area contributed by atoms with Crippen molar-refractivity contribution in [3.63, 3.8) is 0 Å². The van der Waals surface area contributed by atoms with Crippen molar-refractivity contribution >= 4 is 0 Å². The Kier molecular flexibility index (Phi) is 5.09. The lowest BCUT2D eigenvalue weighted by atomic mass is 9.80. The Morgan fingerprint density at radius 1 is 1.15 bits per heavy atom. The molecule has 0 amide bonds. The van der Waals surface area contributed by atoms with E-state index in [2.05, 4.69) is 51.2 Å². The molecule has 3 atom stereocenters. The largest absolute Gasteiger partial charge is 0.496 e. The van der Waals surface area contributed by atoms with E-state index in [4.69, 9.17) is 4.74 Å². The van der Waals surface area contributed by atoms with Crippen LogP contribution < -0.4 is 10.1 Å². The van der Waals surface area contributed by atoms with Crippen molar-refractivity contribution in [2.45, 2.75) is 59.0 Å². The first-order chi connectivity index (χ1) is 9.49. The monoisotopic (exact) mass is 275 g/mol. The number of nitrogens with one attached hydrogen (secondary N) is 1. The molecule has 2 nitrogen and oxygen atoms in total. The van der Waals surface area contributed by atoms with Crippen molar-refractivity contribution in [2.24, 2.45) is 11.8 Å². The zero-order valence-corrected chi connectivity index (χ0v) is 13.6. The van der Waals surface area contributed by atoms with Gasteiger partial charge in [0.15, 0.2) is 0 Å². The van der Waals surface area contributed by atoms with Crippen LogP contribution in [0.1, 0.15) is 57.2 Å². The van der Waals surface area contributed by atoms with E-state index in [1.807, 2.05) is 0 Å². The van der Waals surface area contributed by atoms with E-state index < -0.39 is 0 Å². The summed E-state index contributed by atoms with van der Waals surface area (Å²) in [5, 5.41) is 3.81. The molecule has 1 aliphatic carbocycles. The topological polar surface area (TPSA) is 21.3 Å². The van der Waals surface area contributed by atoms with Gasteiger partial charge in [0.1, 0.15) is 5.75 Å². The summed E-state index contributed by atoms with van der Waals surface area (Å²) in [6, 6.07) is 7.46. The highest BCUT2D eigenvalue weighted by atomic mass is 16.5. The molecular weight excluding hydrogens is 246 g/mol. The highest BCUT2D eigenvalue weighted by Crippen LogP contribution is 2.32. The van der Waals surface area contributed by atoms with Crippen LogP contribution in [0.3, 0.4) is 0 Å². The minimum atomic E-state index is 0.341. The average molecular weight is 275 g/mol. The van der Waals surface area contributed by atoms with E-state index in [0.29, 0.717) is 12.1 Å². The SMILES string of the molecule is COc1cc(C)ccc1C(C)NC1CC(C)CC(C)C1. The van der Waals surface area contributed by atoms with Crippen molar-refractivity contribution in [1.29, 1.82) is 0 Å². The predicted octanol–water partition coefficient (Wildman–Crippen LogP) is 4.48. The maximum atomic E-state index is 5.54. The molecule has 0 aliphatic heterocycles.